The highest BCUT2D eigenvalue weighted by Crippen LogP contribution is 2.33. The second-order valence-corrected chi connectivity index (χ2v) is 5.05. The number of nitrogens with zero attached hydrogens (tertiary/aromatic N) is 1. The van der Waals surface area contributed by atoms with Crippen LogP contribution in [-0.2, 0) is 0 Å². The van der Waals surface area contributed by atoms with Crippen LogP contribution in [0.25, 0.3) is 22.1 Å². The molecule has 0 spiro atoms. The fraction of sp³-hybridized carbons (Fsp3) is 0. The van der Waals surface area contributed by atoms with Crippen LogP contribution >= 0.6 is 11.3 Å². The normalized spacial score (nSPS) is 10.8. The number of aromatic carboxylic acids is 1. The molecule has 21 heavy (non-hydrogen) atoms. The van der Waals surface area contributed by atoms with Gasteiger partial charge in [-0.1, -0.05) is 6.07 Å². The van der Waals surface area contributed by atoms with E-state index >= 15 is 0 Å². The predicted molar refractivity (Wildman–Crippen MR) is 72.1 cm³/mol. The van der Waals surface area contributed by atoms with Gasteiger partial charge in [0.05, 0.1) is 10.4 Å². The number of hydrogen-bond acceptors (Lipinski definition) is 4. The van der Waals surface area contributed by atoms with Crippen LogP contribution in [0.15, 0.2) is 40.1 Å². The molecule has 0 aliphatic carbocycles. The third-order valence-corrected chi connectivity index (χ3v) is 3.60. The maximum absolute atomic E-state index is 13.8. The summed E-state index contributed by atoms with van der Waals surface area (Å²) in [6.07, 6.45) is 0. The Morgan fingerprint density at radius 1 is 1.29 bits per heavy atom. The van der Waals surface area contributed by atoms with Crippen LogP contribution in [0.4, 0.5) is 8.78 Å². The van der Waals surface area contributed by atoms with E-state index in [1.807, 2.05) is 0 Å². The van der Waals surface area contributed by atoms with Crippen molar-refractivity contribution in [3.05, 3.63) is 53.0 Å². The van der Waals surface area contributed by atoms with Gasteiger partial charge in [0, 0.05) is 6.07 Å². The lowest BCUT2D eigenvalue weighted by Gasteiger charge is -2.00. The van der Waals surface area contributed by atoms with Crippen molar-refractivity contribution < 1.29 is 23.1 Å². The number of carboxylic acids is 1. The molecule has 0 bridgehead atoms. The van der Waals surface area contributed by atoms with E-state index in [2.05, 4.69) is 4.98 Å². The van der Waals surface area contributed by atoms with Gasteiger partial charge in [-0.15, -0.1) is 11.3 Å². The summed E-state index contributed by atoms with van der Waals surface area (Å²) in [7, 11) is 0. The monoisotopic (exact) mass is 307 g/mol. The van der Waals surface area contributed by atoms with Crippen molar-refractivity contribution in [1.29, 1.82) is 0 Å². The molecular weight excluding hydrogens is 300 g/mol. The van der Waals surface area contributed by atoms with E-state index < -0.39 is 23.3 Å². The highest BCUT2D eigenvalue weighted by Gasteiger charge is 2.24. The molecule has 3 rings (SSSR count). The summed E-state index contributed by atoms with van der Waals surface area (Å²) in [5.41, 5.74) is -0.562. The molecule has 0 amide bonds. The second-order valence-electron chi connectivity index (χ2n) is 4.10. The number of oxazole rings is 1. The Labute approximate surface area is 121 Å². The van der Waals surface area contributed by atoms with Gasteiger partial charge in [-0.25, -0.2) is 18.6 Å². The minimum atomic E-state index is -1.35. The number of carboxylic acid groups (broad SMARTS) is 1. The van der Waals surface area contributed by atoms with E-state index in [-0.39, 0.29) is 17.2 Å². The summed E-state index contributed by atoms with van der Waals surface area (Å²) in [6.45, 7) is 0. The Kier molecular flexibility index (Phi) is 3.26. The second kappa shape index (κ2) is 5.10. The highest BCUT2D eigenvalue weighted by molar-refractivity contribution is 7.13. The number of halogens is 2. The minimum Gasteiger partial charge on any atom is -0.476 e. The molecule has 0 aliphatic rings. The molecule has 1 N–H and O–H groups in total. The molecule has 0 aliphatic heterocycles. The number of aromatic nitrogens is 1. The van der Waals surface area contributed by atoms with E-state index in [9.17, 15) is 13.6 Å². The molecule has 0 saturated carbocycles. The average Bonchev–Trinajstić information content (AvgIpc) is 3.07. The summed E-state index contributed by atoms with van der Waals surface area (Å²) in [5, 5.41) is 10.9. The van der Waals surface area contributed by atoms with Gasteiger partial charge in [-0.2, -0.15) is 0 Å². The molecule has 0 saturated heterocycles. The number of hydrogen-bond donors (Lipinski definition) is 1. The molecule has 7 heteroatoms. The molecular formula is C14H7F2NO3S. The SMILES string of the molecule is O=C(O)c1nc(-c2cccs2)oc1-c1ccc(F)cc1F. The van der Waals surface area contributed by atoms with Crippen LogP contribution in [0.1, 0.15) is 10.5 Å². The van der Waals surface area contributed by atoms with Crippen LogP contribution in [-0.4, -0.2) is 16.1 Å². The zero-order valence-corrected chi connectivity index (χ0v) is 11.2. The van der Waals surface area contributed by atoms with E-state index in [0.717, 1.165) is 12.1 Å². The third kappa shape index (κ3) is 2.43. The Hall–Kier alpha value is -2.54. The van der Waals surface area contributed by atoms with Crippen molar-refractivity contribution in [3.8, 4) is 22.1 Å². The molecule has 3 aromatic rings. The van der Waals surface area contributed by atoms with Crippen LogP contribution in [0.2, 0.25) is 0 Å². The maximum atomic E-state index is 13.8. The van der Waals surface area contributed by atoms with Crippen molar-refractivity contribution in [2.45, 2.75) is 0 Å². The Morgan fingerprint density at radius 2 is 2.10 bits per heavy atom. The number of carbonyl (C=O) groups is 1. The lowest BCUT2D eigenvalue weighted by molar-refractivity contribution is 0.0691. The van der Waals surface area contributed by atoms with Crippen molar-refractivity contribution in [3.63, 3.8) is 0 Å². The molecule has 106 valence electrons. The van der Waals surface area contributed by atoms with Gasteiger partial charge in [-0.05, 0) is 23.6 Å². The van der Waals surface area contributed by atoms with Gasteiger partial charge < -0.3 is 9.52 Å². The number of rotatable bonds is 3. The van der Waals surface area contributed by atoms with Crippen LogP contribution in [0.5, 0.6) is 0 Å². The van der Waals surface area contributed by atoms with Crippen LogP contribution < -0.4 is 0 Å². The Morgan fingerprint density at radius 3 is 2.71 bits per heavy atom. The van der Waals surface area contributed by atoms with E-state index in [0.29, 0.717) is 10.9 Å². The summed E-state index contributed by atoms with van der Waals surface area (Å²) in [5.74, 6) is -3.16. The summed E-state index contributed by atoms with van der Waals surface area (Å²) < 4.78 is 32.1. The minimum absolute atomic E-state index is 0.0844. The van der Waals surface area contributed by atoms with Gasteiger partial charge in [0.25, 0.3) is 0 Å². The predicted octanol–water partition coefficient (Wildman–Crippen LogP) is 4.05. The molecule has 2 aromatic heterocycles. The standard InChI is InChI=1S/C14H7F2NO3S/c15-7-3-4-8(9(16)6-7)12-11(14(18)19)17-13(20-12)10-2-1-5-21-10/h1-6H,(H,18,19). The molecule has 0 fully saturated rings. The first-order chi connectivity index (χ1) is 10.1. The first-order valence-electron chi connectivity index (χ1n) is 5.79. The molecule has 0 atom stereocenters. The van der Waals surface area contributed by atoms with Crippen molar-refractivity contribution in [2.24, 2.45) is 0 Å². The smallest absolute Gasteiger partial charge is 0.358 e. The van der Waals surface area contributed by atoms with Gasteiger partial charge in [0.1, 0.15) is 11.6 Å². The van der Waals surface area contributed by atoms with Crippen LogP contribution in [0, 0.1) is 11.6 Å². The fourth-order valence-corrected chi connectivity index (χ4v) is 2.48. The van der Waals surface area contributed by atoms with Crippen LogP contribution in [0.3, 0.4) is 0 Å². The third-order valence-electron chi connectivity index (χ3n) is 2.74. The first kappa shape index (κ1) is 13.4. The highest BCUT2D eigenvalue weighted by atomic mass is 32.1. The maximum Gasteiger partial charge on any atom is 0.358 e. The lowest BCUT2D eigenvalue weighted by atomic mass is 10.1. The largest absolute Gasteiger partial charge is 0.476 e. The molecule has 4 nitrogen and oxygen atoms in total. The van der Waals surface area contributed by atoms with Crippen molar-refractivity contribution >= 4 is 17.3 Å². The van der Waals surface area contributed by atoms with Gasteiger partial charge >= 0.3 is 5.97 Å². The van der Waals surface area contributed by atoms with Gasteiger partial charge in [-0.3, -0.25) is 0 Å². The first-order valence-corrected chi connectivity index (χ1v) is 6.67. The van der Waals surface area contributed by atoms with Crippen molar-refractivity contribution in [2.75, 3.05) is 0 Å². The van der Waals surface area contributed by atoms with E-state index in [4.69, 9.17) is 9.52 Å². The molecule has 2 heterocycles. The molecule has 1 aromatic carbocycles. The average molecular weight is 307 g/mol. The van der Waals surface area contributed by atoms with E-state index in [1.54, 1.807) is 17.5 Å². The summed E-state index contributed by atoms with van der Waals surface area (Å²) in [6, 6.07) is 6.26. The van der Waals surface area contributed by atoms with Crippen molar-refractivity contribution in [1.82, 2.24) is 4.98 Å². The Balaban J connectivity index is 2.19. The number of thiophene rings is 1. The summed E-state index contributed by atoms with van der Waals surface area (Å²) >= 11 is 1.31. The quantitative estimate of drug-likeness (QED) is 0.793. The number of benzene rings is 1. The topological polar surface area (TPSA) is 63.3 Å². The zero-order chi connectivity index (χ0) is 15.0. The zero-order valence-electron chi connectivity index (χ0n) is 10.3. The van der Waals surface area contributed by atoms with Gasteiger partial charge in [0.15, 0.2) is 11.5 Å². The Bertz CT molecular complexity index is 812. The fourth-order valence-electron chi connectivity index (χ4n) is 1.83. The molecule has 0 radical (unpaired) electrons. The summed E-state index contributed by atoms with van der Waals surface area (Å²) in [4.78, 5) is 15.7. The van der Waals surface area contributed by atoms with E-state index in [1.165, 1.54) is 11.3 Å². The molecule has 0 unspecified atom stereocenters. The lowest BCUT2D eigenvalue weighted by Crippen LogP contribution is -1.99. The van der Waals surface area contributed by atoms with Gasteiger partial charge in [0.2, 0.25) is 5.89 Å².